The molecule has 1 unspecified atom stereocenters. The number of likely N-dealkylation sites (tertiary alicyclic amines) is 1. The molecule has 2 fully saturated rings. The van der Waals surface area contributed by atoms with E-state index in [1.165, 1.54) is 68.1 Å². The summed E-state index contributed by atoms with van der Waals surface area (Å²) in [5, 5.41) is 11.6. The SMILES string of the molecule is C#CC[C@@H]1NC(=O)[C@H](Cc2cccc(I)c2)NC(=O)CN(C)C(=O)[C@H](Cc2ccc(Cl)cc2)N(C)C(=O)CN(C)C(=O)CN(C)C(=O)[C@H]([C@@H](C)CC)NC(=O)[C@H](CC(C)C)N(C)C(=O)CC(C(=O)N2CCCCC2)N(C)C(=O)[C@H](CC(C)C)NC(=O)C(C)(C)N(C)C1=O. The summed E-state index contributed by atoms with van der Waals surface area (Å²) in [6.07, 6.45) is 7.56. The predicted octanol–water partition coefficient (Wildman–Crippen LogP) is 3.34. The van der Waals surface area contributed by atoms with Gasteiger partial charge in [-0.2, -0.15) is 0 Å². The third-order valence-corrected chi connectivity index (χ3v) is 18.4. The maximum atomic E-state index is 15.1. The molecule has 24 nitrogen and oxygen atoms in total. The van der Waals surface area contributed by atoms with Crippen molar-refractivity contribution in [1.82, 2.24) is 60.5 Å². The molecule has 0 spiro atoms. The summed E-state index contributed by atoms with van der Waals surface area (Å²) in [6.45, 7) is 12.9. The van der Waals surface area contributed by atoms with E-state index in [2.05, 4.69) is 49.8 Å². The van der Waals surface area contributed by atoms with E-state index in [4.69, 9.17) is 18.0 Å². The van der Waals surface area contributed by atoms with Gasteiger partial charge in [0.05, 0.1) is 26.1 Å². The smallest absolute Gasteiger partial charge is 0.246 e. The fourth-order valence-corrected chi connectivity index (χ4v) is 11.8. The average molecular weight is 1430 g/mol. The first-order chi connectivity index (χ1) is 43.5. The van der Waals surface area contributed by atoms with Crippen LogP contribution in [0, 0.1) is 33.7 Å². The summed E-state index contributed by atoms with van der Waals surface area (Å²) < 4.78 is 0.817. The number of hydrogen-bond acceptors (Lipinski definition) is 12. The fourth-order valence-electron chi connectivity index (χ4n) is 11.0. The van der Waals surface area contributed by atoms with E-state index in [9.17, 15) is 52.7 Å². The van der Waals surface area contributed by atoms with Crippen LogP contribution in [-0.2, 0) is 70.4 Å². The minimum absolute atomic E-state index is 0.0574. The molecule has 0 radical (unpaired) electrons. The van der Waals surface area contributed by atoms with Gasteiger partial charge in [0.25, 0.3) is 0 Å². The molecule has 0 aromatic heterocycles. The molecule has 2 saturated heterocycles. The van der Waals surface area contributed by atoms with Crippen molar-refractivity contribution in [2.24, 2.45) is 17.8 Å². The Kier molecular flexibility index (Phi) is 30.1. The fraction of sp³-hybridized carbons (Fsp3) is 0.612. The molecule has 2 aromatic carbocycles. The van der Waals surface area contributed by atoms with Gasteiger partial charge in [-0.05, 0) is 122 Å². The highest BCUT2D eigenvalue weighted by Crippen LogP contribution is 2.24. The molecule has 2 aliphatic heterocycles. The van der Waals surface area contributed by atoms with Crippen LogP contribution >= 0.6 is 34.2 Å². The number of hydrogen-bond donors (Lipinski definition) is 4. The Morgan fingerprint density at radius 3 is 1.80 bits per heavy atom. The molecule has 512 valence electrons. The molecule has 0 bridgehead atoms. The number of halogens is 2. The van der Waals surface area contributed by atoms with Gasteiger partial charge in [-0.3, -0.25) is 57.5 Å². The normalized spacial score (nSPS) is 24.0. The largest absolute Gasteiger partial charge is 0.342 e. The van der Waals surface area contributed by atoms with Gasteiger partial charge >= 0.3 is 0 Å². The molecular formula is C67H98ClIN12O12. The standard InChI is InChI=1S/C67H98ClIN12O12/c1-17-23-48-62(89)80(16)67(8,9)66(93)72-50(32-41(3)4)61(88)79(15)53(64(91)81-30-20-19-21-31-81)37-55(83)77(13)51(33-42(5)6)60(87)73-58(43(7)18-2)65(92)76(12)39-56(84)74(10)40-57(85)78(14)52(36-44-26-28-46(68)29-27-44)63(90)75(11)38-54(82)70-49(59(86)71-48)35-45-24-22-25-47(69)34-45/h1,22,24-29,34,41-43,48-53,58H,18-21,23,30-33,35-40H2,2-16H3,(H,70,82)(H,71,86)(H,72,93)(H,73,87)/t43-,48-,49-,50-,51-,52-,53?,58-/m0/s1. The monoisotopic (exact) mass is 1420 g/mol. The lowest BCUT2D eigenvalue weighted by Crippen LogP contribution is -2.63. The highest BCUT2D eigenvalue weighted by molar-refractivity contribution is 14.1. The first-order valence-corrected chi connectivity index (χ1v) is 33.2. The number of nitrogens with one attached hydrogen (secondary N) is 4. The number of carbonyl (C=O) groups is 12. The maximum absolute atomic E-state index is 15.1. The van der Waals surface area contributed by atoms with Crippen molar-refractivity contribution in [3.05, 3.63) is 68.3 Å². The van der Waals surface area contributed by atoms with E-state index < -0.39 is 151 Å². The molecule has 4 N–H and O–H groups in total. The molecule has 2 aliphatic rings. The molecule has 0 aliphatic carbocycles. The predicted molar refractivity (Wildman–Crippen MR) is 362 cm³/mol. The van der Waals surface area contributed by atoms with Crippen LogP contribution in [0.1, 0.15) is 118 Å². The number of piperidine rings is 1. The Morgan fingerprint density at radius 2 is 1.22 bits per heavy atom. The Labute approximate surface area is 567 Å². The quantitative estimate of drug-likeness (QED) is 0.176. The van der Waals surface area contributed by atoms with Gasteiger partial charge < -0.3 is 60.5 Å². The van der Waals surface area contributed by atoms with Gasteiger partial charge in [0, 0.05) is 90.3 Å². The van der Waals surface area contributed by atoms with Crippen molar-refractivity contribution in [2.75, 3.05) is 82.1 Å². The zero-order valence-corrected chi connectivity index (χ0v) is 59.7. The molecular weight excluding hydrogens is 1330 g/mol. The summed E-state index contributed by atoms with van der Waals surface area (Å²) in [5.41, 5.74) is -0.543. The highest BCUT2D eigenvalue weighted by atomic mass is 127. The molecule has 93 heavy (non-hydrogen) atoms. The number of benzene rings is 2. The molecule has 2 heterocycles. The number of carbonyl (C=O) groups excluding carboxylic acids is 12. The van der Waals surface area contributed by atoms with Crippen molar-refractivity contribution in [3.63, 3.8) is 0 Å². The summed E-state index contributed by atoms with van der Waals surface area (Å²) in [5.74, 6) is -6.95. The maximum Gasteiger partial charge on any atom is 0.246 e. The Bertz CT molecular complexity index is 3060. The minimum Gasteiger partial charge on any atom is -0.342 e. The van der Waals surface area contributed by atoms with Crippen LogP contribution < -0.4 is 21.3 Å². The van der Waals surface area contributed by atoms with Crippen LogP contribution in [0.4, 0.5) is 0 Å². The average Bonchev–Trinajstić information content (AvgIpc) is 0.838. The summed E-state index contributed by atoms with van der Waals surface area (Å²) in [4.78, 5) is 185. The third kappa shape index (κ3) is 22.1. The molecule has 2 aromatic rings. The first kappa shape index (κ1) is 78.1. The second-order valence-electron chi connectivity index (χ2n) is 26.1. The Morgan fingerprint density at radius 1 is 0.624 bits per heavy atom. The van der Waals surface area contributed by atoms with Crippen LogP contribution in [-0.4, -0.2) is 240 Å². The third-order valence-electron chi connectivity index (χ3n) is 17.5. The van der Waals surface area contributed by atoms with E-state index in [0.717, 1.165) is 39.4 Å². The number of amides is 12. The van der Waals surface area contributed by atoms with Crippen LogP contribution in [0.15, 0.2) is 48.5 Å². The van der Waals surface area contributed by atoms with Gasteiger partial charge in [0.15, 0.2) is 0 Å². The van der Waals surface area contributed by atoms with E-state index in [-0.39, 0.29) is 43.9 Å². The minimum atomic E-state index is -1.76. The summed E-state index contributed by atoms with van der Waals surface area (Å²) in [7, 11) is 9.61. The lowest BCUT2D eigenvalue weighted by molar-refractivity contribution is -0.152. The van der Waals surface area contributed by atoms with Crippen LogP contribution in [0.3, 0.4) is 0 Å². The van der Waals surface area contributed by atoms with Crippen molar-refractivity contribution in [1.29, 1.82) is 0 Å². The van der Waals surface area contributed by atoms with E-state index in [0.29, 0.717) is 48.5 Å². The zero-order valence-electron chi connectivity index (χ0n) is 56.8. The van der Waals surface area contributed by atoms with Gasteiger partial charge in [-0.1, -0.05) is 83.8 Å². The Hall–Kier alpha value is -7.34. The van der Waals surface area contributed by atoms with E-state index >= 15 is 4.79 Å². The molecule has 4 rings (SSSR count). The topological polar surface area (TPSA) is 279 Å². The lowest BCUT2D eigenvalue weighted by atomic mass is 9.95. The summed E-state index contributed by atoms with van der Waals surface area (Å²) in [6, 6.07) is 4.48. The van der Waals surface area contributed by atoms with Gasteiger partial charge in [-0.25, -0.2) is 0 Å². The second kappa shape index (κ2) is 35.8. The first-order valence-electron chi connectivity index (χ1n) is 31.8. The number of nitrogens with zero attached hydrogens (tertiary/aromatic N) is 8. The van der Waals surface area contributed by atoms with Gasteiger partial charge in [0.2, 0.25) is 70.9 Å². The number of rotatable bonds is 12. The number of terminal acetylenes is 1. The van der Waals surface area contributed by atoms with E-state index in [1.807, 2.05) is 40.7 Å². The van der Waals surface area contributed by atoms with Crippen molar-refractivity contribution >= 4 is 105 Å². The van der Waals surface area contributed by atoms with Crippen molar-refractivity contribution < 1.29 is 57.5 Å². The van der Waals surface area contributed by atoms with Gasteiger partial charge in [-0.15, -0.1) is 12.3 Å². The van der Waals surface area contributed by atoms with Crippen LogP contribution in [0.25, 0.3) is 0 Å². The Balaban J connectivity index is 1.88. The molecule has 0 saturated carbocycles. The molecule has 8 atom stereocenters. The second-order valence-corrected chi connectivity index (χ2v) is 27.8. The summed E-state index contributed by atoms with van der Waals surface area (Å²) >= 11 is 8.32. The molecule has 12 amide bonds. The van der Waals surface area contributed by atoms with Gasteiger partial charge in [0.1, 0.15) is 47.8 Å². The lowest BCUT2D eigenvalue weighted by Gasteiger charge is -2.39. The highest BCUT2D eigenvalue weighted by Gasteiger charge is 2.44. The number of likely N-dealkylation sites (N-methyl/N-ethyl adjacent to an activating group) is 7. The molecule has 26 heteroatoms. The van der Waals surface area contributed by atoms with Crippen LogP contribution in [0.5, 0.6) is 0 Å². The van der Waals surface area contributed by atoms with Crippen molar-refractivity contribution in [3.8, 4) is 12.3 Å². The van der Waals surface area contributed by atoms with Crippen molar-refractivity contribution in [2.45, 2.75) is 167 Å². The van der Waals surface area contributed by atoms with Crippen LogP contribution in [0.2, 0.25) is 5.02 Å². The zero-order chi connectivity index (χ0) is 69.9. The van der Waals surface area contributed by atoms with E-state index in [1.54, 1.807) is 54.3 Å².